The summed E-state index contributed by atoms with van der Waals surface area (Å²) in [6, 6.07) is 10.8. The van der Waals surface area contributed by atoms with Crippen LogP contribution in [0.25, 0.3) is 10.8 Å². The molecule has 1 aliphatic heterocycles. The fraction of sp³-hybridized carbons (Fsp3) is 0.200. The Hall–Kier alpha value is -2.26. The number of carbonyl (C=O) groups is 1. The summed E-state index contributed by atoms with van der Waals surface area (Å²) in [7, 11) is -1.30. The van der Waals surface area contributed by atoms with Crippen LogP contribution in [0.5, 0.6) is 0 Å². The lowest BCUT2D eigenvalue weighted by Crippen LogP contribution is -2.34. The summed E-state index contributed by atoms with van der Waals surface area (Å²) < 4.78 is 20.0. The van der Waals surface area contributed by atoms with Gasteiger partial charge in [0.1, 0.15) is 11.6 Å². The van der Waals surface area contributed by atoms with Crippen molar-refractivity contribution in [1.29, 1.82) is 0 Å². The number of aromatic nitrogens is 1. The lowest BCUT2D eigenvalue weighted by atomic mass is 9.76. The highest BCUT2D eigenvalue weighted by molar-refractivity contribution is 7.59. The number of fused-ring (bicyclic) bond motifs is 2. The molecule has 0 spiro atoms. The van der Waals surface area contributed by atoms with E-state index in [2.05, 4.69) is 4.98 Å². The Morgan fingerprint density at radius 1 is 1.29 bits per heavy atom. The molecule has 3 N–H and O–H groups in total. The summed E-state index contributed by atoms with van der Waals surface area (Å²) in [5.41, 5.74) is 7.55. The predicted octanol–water partition coefficient (Wildman–Crippen LogP) is 1.56. The van der Waals surface area contributed by atoms with Crippen LogP contribution >= 0.6 is 13.5 Å². The minimum atomic E-state index is -1.30. The normalized spacial score (nSPS) is 13.9. The molecule has 0 radical (unpaired) electrons. The van der Waals surface area contributed by atoms with Crippen LogP contribution in [0, 0.1) is 5.82 Å². The molecule has 1 atom stereocenters. The molecule has 28 heavy (non-hydrogen) atoms. The standard InChI is InChI=1S/C20H18BFN2O3.H2S/c22-20-16(4-3-15-11-27-21(26)19(15)20)17(9-23)18(25)8-12-1-2-14-10-24-6-5-13(14)7-12;/h1-7,10,17,26H,8-9,11,23H2;1H2/t17-;/m1./s1. The lowest BCUT2D eigenvalue weighted by molar-refractivity contribution is -0.119. The molecule has 0 saturated carbocycles. The highest BCUT2D eigenvalue weighted by atomic mass is 32.1. The molecule has 0 amide bonds. The second kappa shape index (κ2) is 8.40. The van der Waals surface area contributed by atoms with Gasteiger partial charge in [-0.2, -0.15) is 13.5 Å². The number of pyridine rings is 1. The van der Waals surface area contributed by atoms with Crippen molar-refractivity contribution in [2.24, 2.45) is 5.73 Å². The topological polar surface area (TPSA) is 85.4 Å². The van der Waals surface area contributed by atoms with Gasteiger partial charge in [0, 0.05) is 36.2 Å². The Labute approximate surface area is 169 Å². The first-order valence-corrected chi connectivity index (χ1v) is 8.74. The Morgan fingerprint density at radius 3 is 2.89 bits per heavy atom. The Balaban J connectivity index is 0.00000225. The van der Waals surface area contributed by atoms with E-state index >= 15 is 0 Å². The first-order chi connectivity index (χ1) is 13.1. The van der Waals surface area contributed by atoms with Crippen LogP contribution in [-0.4, -0.2) is 29.5 Å². The first-order valence-electron chi connectivity index (χ1n) is 8.74. The second-order valence-electron chi connectivity index (χ2n) is 6.69. The third-order valence-electron chi connectivity index (χ3n) is 5.03. The number of carbonyl (C=O) groups excluding carboxylic acids is 1. The van der Waals surface area contributed by atoms with Gasteiger partial charge in [-0.3, -0.25) is 9.78 Å². The zero-order valence-corrected chi connectivity index (χ0v) is 16.1. The minimum absolute atomic E-state index is 0. The van der Waals surface area contributed by atoms with E-state index in [1.54, 1.807) is 24.5 Å². The number of nitrogens with zero attached hydrogens (tertiary/aromatic N) is 1. The SMILES string of the molecule is NC[C@@H](C(=O)Cc1ccc2cnccc2c1)c1ccc2c(c1F)B(O)OC2.S. The second-order valence-corrected chi connectivity index (χ2v) is 6.69. The number of ketones is 1. The molecule has 4 rings (SSSR count). The molecule has 5 nitrogen and oxygen atoms in total. The van der Waals surface area contributed by atoms with Crippen LogP contribution in [0.3, 0.4) is 0 Å². The molecule has 144 valence electrons. The summed E-state index contributed by atoms with van der Waals surface area (Å²) in [6.45, 7) is 0.143. The number of rotatable bonds is 5. The van der Waals surface area contributed by atoms with E-state index in [4.69, 9.17) is 10.4 Å². The number of Topliss-reactive ketones (excluding diaryl/α,β-unsaturated/α-hetero) is 1. The van der Waals surface area contributed by atoms with Crippen molar-refractivity contribution in [2.45, 2.75) is 18.9 Å². The van der Waals surface area contributed by atoms with Crippen LogP contribution < -0.4 is 11.2 Å². The van der Waals surface area contributed by atoms with E-state index in [1.165, 1.54) is 0 Å². The van der Waals surface area contributed by atoms with Crippen molar-refractivity contribution >= 4 is 42.6 Å². The predicted molar refractivity (Wildman–Crippen MR) is 111 cm³/mol. The zero-order chi connectivity index (χ0) is 19.0. The average molecular weight is 398 g/mol. The summed E-state index contributed by atoms with van der Waals surface area (Å²) in [5.74, 6) is -1.56. The molecule has 8 heteroatoms. The van der Waals surface area contributed by atoms with Gasteiger partial charge in [0.2, 0.25) is 0 Å². The van der Waals surface area contributed by atoms with E-state index in [1.807, 2.05) is 24.3 Å². The summed E-state index contributed by atoms with van der Waals surface area (Å²) in [4.78, 5) is 16.9. The third kappa shape index (κ3) is 3.68. The Morgan fingerprint density at radius 2 is 2.11 bits per heavy atom. The van der Waals surface area contributed by atoms with E-state index in [0.29, 0.717) is 5.56 Å². The van der Waals surface area contributed by atoms with E-state index in [-0.39, 0.29) is 49.9 Å². The molecule has 0 unspecified atom stereocenters. The van der Waals surface area contributed by atoms with Gasteiger partial charge in [-0.25, -0.2) is 4.39 Å². The number of halogens is 1. The molecule has 0 aliphatic carbocycles. The van der Waals surface area contributed by atoms with E-state index < -0.39 is 18.9 Å². The maximum atomic E-state index is 14.9. The number of hydrogen-bond acceptors (Lipinski definition) is 5. The molecule has 3 aromatic rings. The van der Waals surface area contributed by atoms with Gasteiger partial charge in [-0.15, -0.1) is 0 Å². The van der Waals surface area contributed by atoms with Gasteiger partial charge in [0.05, 0.1) is 12.5 Å². The van der Waals surface area contributed by atoms with Gasteiger partial charge in [0.25, 0.3) is 0 Å². The quantitative estimate of drug-likeness (QED) is 0.638. The van der Waals surface area contributed by atoms with Crippen molar-refractivity contribution in [3.63, 3.8) is 0 Å². The summed E-state index contributed by atoms with van der Waals surface area (Å²) in [6.07, 6.45) is 3.61. The van der Waals surface area contributed by atoms with Crippen LogP contribution in [0.4, 0.5) is 4.39 Å². The smallest absolute Gasteiger partial charge is 0.423 e. The van der Waals surface area contributed by atoms with Crippen molar-refractivity contribution < 1.29 is 18.9 Å². The van der Waals surface area contributed by atoms with Gasteiger partial charge in [-0.1, -0.05) is 30.3 Å². The maximum Gasteiger partial charge on any atom is 0.494 e. The largest absolute Gasteiger partial charge is 0.494 e. The molecule has 0 fully saturated rings. The van der Waals surface area contributed by atoms with Gasteiger partial charge in [-0.05, 0) is 28.1 Å². The molecule has 0 saturated heterocycles. The molecular weight excluding hydrogens is 378 g/mol. The highest BCUT2D eigenvalue weighted by Gasteiger charge is 2.34. The minimum Gasteiger partial charge on any atom is -0.423 e. The van der Waals surface area contributed by atoms with Crippen molar-refractivity contribution in [3.8, 4) is 0 Å². The van der Waals surface area contributed by atoms with Crippen molar-refractivity contribution in [1.82, 2.24) is 4.98 Å². The number of hydrogen-bond donors (Lipinski definition) is 2. The maximum absolute atomic E-state index is 14.9. The fourth-order valence-electron chi connectivity index (χ4n) is 3.56. The highest BCUT2D eigenvalue weighted by Crippen LogP contribution is 2.24. The first kappa shape index (κ1) is 20.5. The van der Waals surface area contributed by atoms with Crippen LogP contribution in [0.15, 0.2) is 48.8 Å². The van der Waals surface area contributed by atoms with Crippen molar-refractivity contribution in [3.05, 3.63) is 71.3 Å². The Kier molecular flexibility index (Phi) is 6.15. The van der Waals surface area contributed by atoms with Crippen LogP contribution in [-0.2, 0) is 22.5 Å². The fourth-order valence-corrected chi connectivity index (χ4v) is 3.56. The zero-order valence-electron chi connectivity index (χ0n) is 15.1. The monoisotopic (exact) mass is 398 g/mol. The van der Waals surface area contributed by atoms with Crippen molar-refractivity contribution in [2.75, 3.05) is 6.54 Å². The van der Waals surface area contributed by atoms with Gasteiger partial charge in [0.15, 0.2) is 0 Å². The van der Waals surface area contributed by atoms with E-state index in [0.717, 1.165) is 16.3 Å². The van der Waals surface area contributed by atoms with Gasteiger partial charge < -0.3 is 15.4 Å². The molecular formula is C20H20BFN2O3S. The molecule has 1 aromatic heterocycles. The van der Waals surface area contributed by atoms with E-state index in [9.17, 15) is 14.2 Å². The lowest BCUT2D eigenvalue weighted by Gasteiger charge is -2.17. The van der Waals surface area contributed by atoms with Gasteiger partial charge >= 0.3 is 7.12 Å². The molecule has 2 heterocycles. The van der Waals surface area contributed by atoms with Crippen LogP contribution in [0.2, 0.25) is 0 Å². The average Bonchev–Trinajstić information content (AvgIpc) is 3.05. The third-order valence-corrected chi connectivity index (χ3v) is 5.03. The molecule has 2 aromatic carbocycles. The Bertz CT molecular complexity index is 1030. The number of benzene rings is 2. The number of nitrogens with two attached hydrogens (primary N) is 1. The molecule has 1 aliphatic rings. The van der Waals surface area contributed by atoms with Crippen LogP contribution in [0.1, 0.15) is 22.6 Å². The molecule has 0 bridgehead atoms. The summed E-state index contributed by atoms with van der Waals surface area (Å²) in [5, 5.41) is 11.8. The summed E-state index contributed by atoms with van der Waals surface area (Å²) >= 11 is 0.